The lowest BCUT2D eigenvalue weighted by molar-refractivity contribution is 1.01. The minimum Gasteiger partial charge on any atom is -0.346 e. The number of thiocarbonyl (C=S) groups is 1. The van der Waals surface area contributed by atoms with Gasteiger partial charge in [-0.1, -0.05) is 30.4 Å². The number of benzene rings is 1. The topological polar surface area (TPSA) is 37.8 Å². The first-order chi connectivity index (χ1) is 8.99. The maximum absolute atomic E-state index is 5.46. The first-order valence-corrected chi connectivity index (χ1v) is 6.57. The quantitative estimate of drug-likeness (QED) is 0.848. The van der Waals surface area contributed by atoms with E-state index in [0.717, 1.165) is 22.8 Å². The van der Waals surface area contributed by atoms with E-state index in [2.05, 4.69) is 41.3 Å². The van der Waals surface area contributed by atoms with Gasteiger partial charge in [0.2, 0.25) is 0 Å². The van der Waals surface area contributed by atoms with Crippen molar-refractivity contribution in [1.29, 1.82) is 0 Å². The highest BCUT2D eigenvalue weighted by atomic mass is 32.1. The van der Waals surface area contributed by atoms with Gasteiger partial charge in [-0.15, -0.1) is 0 Å². The summed E-state index contributed by atoms with van der Waals surface area (Å²) in [6, 6.07) is 6.17. The van der Waals surface area contributed by atoms with Crippen LogP contribution in [0.4, 0.5) is 5.69 Å². The van der Waals surface area contributed by atoms with E-state index in [0.29, 0.717) is 4.99 Å². The van der Waals surface area contributed by atoms with Crippen LogP contribution < -0.4 is 5.32 Å². The Morgan fingerprint density at radius 1 is 1.11 bits per heavy atom. The van der Waals surface area contributed by atoms with Gasteiger partial charge >= 0.3 is 0 Å². The monoisotopic (exact) mass is 271 g/mol. The molecule has 0 aliphatic carbocycles. The molecule has 0 bridgehead atoms. The van der Waals surface area contributed by atoms with Crippen molar-refractivity contribution in [3.05, 3.63) is 52.6 Å². The van der Waals surface area contributed by atoms with Crippen molar-refractivity contribution in [3.8, 4) is 0 Å². The Balaban J connectivity index is 2.31. The summed E-state index contributed by atoms with van der Waals surface area (Å²) in [5.41, 5.74) is 5.19. The van der Waals surface area contributed by atoms with Crippen molar-refractivity contribution in [2.45, 2.75) is 27.7 Å². The Morgan fingerprint density at radius 2 is 1.74 bits per heavy atom. The fourth-order valence-electron chi connectivity index (χ4n) is 2.00. The smallest absolute Gasteiger partial charge is 0.125 e. The predicted octanol–water partition coefficient (Wildman–Crippen LogP) is 3.50. The first kappa shape index (κ1) is 13.6. The minimum atomic E-state index is 0.662. The number of para-hydroxylation sites is 1. The van der Waals surface area contributed by atoms with Gasteiger partial charge in [0.1, 0.15) is 10.8 Å². The van der Waals surface area contributed by atoms with E-state index in [1.165, 1.54) is 11.1 Å². The van der Waals surface area contributed by atoms with Crippen LogP contribution in [0.2, 0.25) is 0 Å². The van der Waals surface area contributed by atoms with Crippen molar-refractivity contribution in [2.24, 2.45) is 0 Å². The van der Waals surface area contributed by atoms with Crippen LogP contribution in [0, 0.1) is 27.7 Å². The van der Waals surface area contributed by atoms with Crippen LogP contribution in [0.1, 0.15) is 28.2 Å². The molecule has 2 aromatic rings. The lowest BCUT2D eigenvalue weighted by atomic mass is 10.1. The predicted molar refractivity (Wildman–Crippen MR) is 82.7 cm³/mol. The molecular formula is C15H17N3S. The molecule has 0 radical (unpaired) electrons. The summed E-state index contributed by atoms with van der Waals surface area (Å²) in [6.45, 7) is 7.95. The second-order valence-electron chi connectivity index (χ2n) is 4.64. The van der Waals surface area contributed by atoms with Crippen LogP contribution >= 0.6 is 12.2 Å². The number of aromatic nitrogens is 2. The van der Waals surface area contributed by atoms with Gasteiger partial charge in [-0.3, -0.25) is 0 Å². The van der Waals surface area contributed by atoms with Crippen LogP contribution in [0.15, 0.2) is 24.4 Å². The molecule has 2 rings (SSSR count). The van der Waals surface area contributed by atoms with Crippen molar-refractivity contribution in [2.75, 3.05) is 5.32 Å². The third-order valence-corrected chi connectivity index (χ3v) is 3.39. The lowest BCUT2D eigenvalue weighted by Gasteiger charge is -2.14. The van der Waals surface area contributed by atoms with Crippen LogP contribution in [0.3, 0.4) is 0 Å². The third-order valence-electron chi connectivity index (χ3n) is 3.06. The molecule has 19 heavy (non-hydrogen) atoms. The zero-order valence-corrected chi connectivity index (χ0v) is 12.4. The van der Waals surface area contributed by atoms with Gasteiger partial charge in [0.05, 0.1) is 5.69 Å². The third kappa shape index (κ3) is 2.96. The molecule has 4 heteroatoms. The van der Waals surface area contributed by atoms with Crippen molar-refractivity contribution in [3.63, 3.8) is 0 Å². The van der Waals surface area contributed by atoms with Crippen molar-refractivity contribution in [1.82, 2.24) is 9.97 Å². The van der Waals surface area contributed by atoms with E-state index in [-0.39, 0.29) is 0 Å². The lowest BCUT2D eigenvalue weighted by Crippen LogP contribution is -2.15. The number of nitrogens with zero attached hydrogens (tertiary/aromatic N) is 2. The molecule has 3 nitrogen and oxygen atoms in total. The highest BCUT2D eigenvalue weighted by molar-refractivity contribution is 7.81. The molecule has 0 saturated carbocycles. The average Bonchev–Trinajstić information content (AvgIpc) is 2.33. The number of nitrogens with one attached hydrogen (secondary N) is 1. The maximum atomic E-state index is 5.46. The van der Waals surface area contributed by atoms with Gasteiger partial charge in [-0.2, -0.15) is 0 Å². The summed E-state index contributed by atoms with van der Waals surface area (Å²) in [5.74, 6) is 0.760. The molecule has 0 amide bonds. The summed E-state index contributed by atoms with van der Waals surface area (Å²) in [6.07, 6.45) is 1.78. The Hall–Kier alpha value is -1.81. The van der Waals surface area contributed by atoms with Crippen LogP contribution in [0.5, 0.6) is 0 Å². The molecule has 0 aliphatic heterocycles. The Morgan fingerprint density at radius 3 is 2.32 bits per heavy atom. The number of hydrogen-bond donors (Lipinski definition) is 1. The van der Waals surface area contributed by atoms with E-state index < -0.39 is 0 Å². The van der Waals surface area contributed by atoms with Gasteiger partial charge in [0.15, 0.2) is 0 Å². The molecule has 0 spiro atoms. The zero-order valence-electron chi connectivity index (χ0n) is 11.6. The summed E-state index contributed by atoms with van der Waals surface area (Å²) >= 11 is 5.46. The minimum absolute atomic E-state index is 0.662. The first-order valence-electron chi connectivity index (χ1n) is 6.17. The van der Waals surface area contributed by atoms with Crippen molar-refractivity contribution < 1.29 is 0 Å². The Bertz CT molecular complexity index is 615. The van der Waals surface area contributed by atoms with E-state index in [1.807, 2.05) is 19.9 Å². The Kier molecular flexibility index (Phi) is 3.90. The molecule has 98 valence electrons. The summed E-state index contributed by atoms with van der Waals surface area (Å²) in [4.78, 5) is 9.21. The van der Waals surface area contributed by atoms with Gasteiger partial charge in [-0.25, -0.2) is 9.97 Å². The molecule has 0 fully saturated rings. The zero-order chi connectivity index (χ0) is 14.0. The molecule has 1 aromatic carbocycles. The highest BCUT2D eigenvalue weighted by Gasteiger charge is 2.10. The Labute approximate surface area is 119 Å². The van der Waals surface area contributed by atoms with Gasteiger partial charge < -0.3 is 5.32 Å². The number of rotatable bonds is 2. The highest BCUT2D eigenvalue weighted by Crippen LogP contribution is 2.21. The maximum Gasteiger partial charge on any atom is 0.125 e. The molecule has 1 aromatic heterocycles. The molecule has 0 atom stereocenters. The van der Waals surface area contributed by atoms with Gasteiger partial charge in [0, 0.05) is 17.4 Å². The van der Waals surface area contributed by atoms with Crippen LogP contribution in [-0.4, -0.2) is 15.0 Å². The van der Waals surface area contributed by atoms with Crippen LogP contribution in [0.25, 0.3) is 0 Å². The normalized spacial score (nSPS) is 10.3. The standard InChI is InChI=1S/C15H17N3S/c1-9-6-5-7-10(2)14(9)18-15(19)13-8-16-12(4)17-11(13)3/h5-8H,1-4H3,(H,18,19). The number of anilines is 1. The number of aryl methyl sites for hydroxylation is 4. The summed E-state index contributed by atoms with van der Waals surface area (Å²) in [5, 5.41) is 3.31. The molecule has 0 unspecified atom stereocenters. The summed E-state index contributed by atoms with van der Waals surface area (Å²) in [7, 11) is 0. The van der Waals surface area contributed by atoms with E-state index in [1.54, 1.807) is 6.20 Å². The molecule has 0 saturated heterocycles. The van der Waals surface area contributed by atoms with Crippen molar-refractivity contribution >= 4 is 22.9 Å². The van der Waals surface area contributed by atoms with Gasteiger partial charge in [0.25, 0.3) is 0 Å². The molecule has 1 heterocycles. The average molecular weight is 271 g/mol. The fraction of sp³-hybridized carbons (Fsp3) is 0.267. The molecule has 1 N–H and O–H groups in total. The molecular weight excluding hydrogens is 254 g/mol. The van der Waals surface area contributed by atoms with E-state index in [4.69, 9.17) is 12.2 Å². The second-order valence-corrected chi connectivity index (χ2v) is 5.05. The second kappa shape index (κ2) is 5.45. The fourth-order valence-corrected chi connectivity index (χ4v) is 2.30. The molecule has 0 aliphatic rings. The van der Waals surface area contributed by atoms with E-state index in [9.17, 15) is 0 Å². The SMILES string of the molecule is Cc1ncc(C(=S)Nc2c(C)cccc2C)c(C)n1. The van der Waals surface area contributed by atoms with Crippen LogP contribution in [-0.2, 0) is 0 Å². The number of hydrogen-bond acceptors (Lipinski definition) is 3. The summed E-state index contributed by atoms with van der Waals surface area (Å²) < 4.78 is 0. The van der Waals surface area contributed by atoms with E-state index >= 15 is 0 Å². The van der Waals surface area contributed by atoms with Gasteiger partial charge in [-0.05, 0) is 38.8 Å². The largest absolute Gasteiger partial charge is 0.346 e.